The molecule has 1 aliphatic heterocycles. The number of carbonyl (C=O) groups is 2. The number of aryl methyl sites for hydroxylation is 2. The van der Waals surface area contributed by atoms with E-state index in [9.17, 15) is 9.59 Å². The standard InChI is InChI=1S/C18H18N2O2S/c19-17(21)14-8-11-4-1-2-5-13(11)10-20(14)18(22)16-9-12-6-3-7-15(12)23-16/h1-2,4-5,9,14H,3,6-8,10H2,(H2,19,21). The predicted molar refractivity (Wildman–Crippen MR) is 89.3 cm³/mol. The van der Waals surface area contributed by atoms with Crippen molar-refractivity contribution in [2.75, 3.05) is 0 Å². The van der Waals surface area contributed by atoms with Gasteiger partial charge >= 0.3 is 0 Å². The lowest BCUT2D eigenvalue weighted by Crippen LogP contribution is -2.51. The van der Waals surface area contributed by atoms with Crippen molar-refractivity contribution in [3.63, 3.8) is 0 Å². The van der Waals surface area contributed by atoms with Crippen LogP contribution in [0.2, 0.25) is 0 Å². The number of benzene rings is 1. The molecule has 4 nitrogen and oxygen atoms in total. The van der Waals surface area contributed by atoms with Gasteiger partial charge in [0, 0.05) is 17.8 Å². The Kier molecular flexibility index (Phi) is 3.45. The van der Waals surface area contributed by atoms with Crippen molar-refractivity contribution in [3.05, 3.63) is 56.8 Å². The number of rotatable bonds is 2. The van der Waals surface area contributed by atoms with Gasteiger partial charge in [-0.05, 0) is 42.0 Å². The van der Waals surface area contributed by atoms with Crippen molar-refractivity contribution in [3.8, 4) is 0 Å². The Morgan fingerprint density at radius 2 is 1.91 bits per heavy atom. The predicted octanol–water partition coefficient (Wildman–Crippen LogP) is 2.29. The molecule has 2 N–H and O–H groups in total. The van der Waals surface area contributed by atoms with E-state index in [4.69, 9.17) is 5.73 Å². The van der Waals surface area contributed by atoms with Crippen LogP contribution in [0.15, 0.2) is 30.3 Å². The molecule has 1 unspecified atom stereocenters. The molecule has 2 aromatic rings. The molecule has 118 valence electrons. The van der Waals surface area contributed by atoms with Gasteiger partial charge in [0.25, 0.3) is 5.91 Å². The van der Waals surface area contributed by atoms with Crippen molar-refractivity contribution >= 4 is 23.2 Å². The topological polar surface area (TPSA) is 63.4 Å². The first kappa shape index (κ1) is 14.5. The lowest BCUT2D eigenvalue weighted by atomic mass is 9.93. The third-order valence-corrected chi connectivity index (χ3v) is 6.02. The van der Waals surface area contributed by atoms with E-state index < -0.39 is 11.9 Å². The minimum atomic E-state index is -0.561. The third-order valence-electron chi connectivity index (χ3n) is 4.80. The average Bonchev–Trinajstić information content (AvgIpc) is 3.14. The van der Waals surface area contributed by atoms with Crippen LogP contribution in [0.3, 0.4) is 0 Å². The molecule has 23 heavy (non-hydrogen) atoms. The van der Waals surface area contributed by atoms with Crippen LogP contribution < -0.4 is 5.73 Å². The number of carbonyl (C=O) groups excluding carboxylic acids is 2. The molecule has 5 heteroatoms. The lowest BCUT2D eigenvalue weighted by Gasteiger charge is -2.34. The maximum Gasteiger partial charge on any atom is 0.264 e. The van der Waals surface area contributed by atoms with Gasteiger partial charge in [0.1, 0.15) is 6.04 Å². The molecule has 1 atom stereocenters. The quantitative estimate of drug-likeness (QED) is 0.920. The SMILES string of the molecule is NC(=O)C1Cc2ccccc2CN1C(=O)c1cc2c(s1)CCC2. The van der Waals surface area contributed by atoms with Crippen LogP contribution in [0.1, 0.15) is 37.7 Å². The van der Waals surface area contributed by atoms with Crippen LogP contribution in [-0.4, -0.2) is 22.8 Å². The molecule has 0 saturated carbocycles. The molecule has 4 rings (SSSR count). The number of fused-ring (bicyclic) bond motifs is 2. The van der Waals surface area contributed by atoms with Gasteiger partial charge in [0.2, 0.25) is 5.91 Å². The van der Waals surface area contributed by atoms with Crippen LogP contribution in [0, 0.1) is 0 Å². The Hall–Kier alpha value is -2.14. The largest absolute Gasteiger partial charge is 0.368 e. The fraction of sp³-hybridized carbons (Fsp3) is 0.333. The normalized spacial score (nSPS) is 19.3. The van der Waals surface area contributed by atoms with Crippen molar-refractivity contribution in [1.82, 2.24) is 4.90 Å². The molecule has 1 aromatic heterocycles. The zero-order chi connectivity index (χ0) is 16.0. The lowest BCUT2D eigenvalue weighted by molar-refractivity contribution is -0.122. The van der Waals surface area contributed by atoms with Gasteiger partial charge in [0.05, 0.1) is 4.88 Å². The van der Waals surface area contributed by atoms with Crippen LogP contribution in [-0.2, 0) is 30.6 Å². The highest BCUT2D eigenvalue weighted by molar-refractivity contribution is 7.14. The van der Waals surface area contributed by atoms with Gasteiger partial charge in [-0.25, -0.2) is 0 Å². The number of amides is 2. The fourth-order valence-corrected chi connectivity index (χ4v) is 4.78. The van der Waals surface area contributed by atoms with E-state index >= 15 is 0 Å². The van der Waals surface area contributed by atoms with Gasteiger partial charge < -0.3 is 10.6 Å². The highest BCUT2D eigenvalue weighted by atomic mass is 32.1. The van der Waals surface area contributed by atoms with Gasteiger partial charge in [-0.3, -0.25) is 9.59 Å². The molecule has 1 aromatic carbocycles. The molecule has 0 fully saturated rings. The number of primary amides is 1. The van der Waals surface area contributed by atoms with Crippen molar-refractivity contribution < 1.29 is 9.59 Å². The first-order chi connectivity index (χ1) is 11.1. The zero-order valence-electron chi connectivity index (χ0n) is 12.7. The van der Waals surface area contributed by atoms with Crippen LogP contribution in [0.5, 0.6) is 0 Å². The Bertz CT molecular complexity index is 775. The summed E-state index contributed by atoms with van der Waals surface area (Å²) in [6.45, 7) is 0.450. The Balaban J connectivity index is 1.67. The molecular formula is C18H18N2O2S. The number of hydrogen-bond donors (Lipinski definition) is 1. The van der Waals surface area contributed by atoms with Crippen molar-refractivity contribution in [2.24, 2.45) is 5.73 Å². The molecular weight excluding hydrogens is 308 g/mol. The Morgan fingerprint density at radius 3 is 2.65 bits per heavy atom. The minimum absolute atomic E-state index is 0.0669. The molecule has 0 radical (unpaired) electrons. The van der Waals surface area contributed by atoms with Gasteiger partial charge in [-0.2, -0.15) is 0 Å². The Morgan fingerprint density at radius 1 is 1.13 bits per heavy atom. The van der Waals surface area contributed by atoms with Gasteiger partial charge in [-0.15, -0.1) is 11.3 Å². The third kappa shape index (κ3) is 2.45. The Labute approximate surface area is 138 Å². The second kappa shape index (κ2) is 5.49. The van der Waals surface area contributed by atoms with E-state index in [2.05, 4.69) is 0 Å². The van der Waals surface area contributed by atoms with E-state index in [-0.39, 0.29) is 5.91 Å². The summed E-state index contributed by atoms with van der Waals surface area (Å²) in [7, 11) is 0. The van der Waals surface area contributed by atoms with E-state index in [0.717, 1.165) is 28.8 Å². The van der Waals surface area contributed by atoms with Crippen LogP contribution in [0.25, 0.3) is 0 Å². The molecule has 2 heterocycles. The van der Waals surface area contributed by atoms with Gasteiger partial charge in [-0.1, -0.05) is 24.3 Å². The fourth-order valence-electron chi connectivity index (χ4n) is 3.57. The molecule has 2 aliphatic rings. The summed E-state index contributed by atoms with van der Waals surface area (Å²) in [4.78, 5) is 28.5. The second-order valence-corrected chi connectivity index (χ2v) is 7.37. The molecule has 0 bridgehead atoms. The van der Waals surface area contributed by atoms with E-state index in [1.54, 1.807) is 16.2 Å². The smallest absolute Gasteiger partial charge is 0.264 e. The summed E-state index contributed by atoms with van der Waals surface area (Å²) < 4.78 is 0. The first-order valence-corrected chi connectivity index (χ1v) is 8.74. The summed E-state index contributed by atoms with van der Waals surface area (Å²) in [5.41, 5.74) is 9.08. The number of nitrogens with two attached hydrogens (primary N) is 1. The summed E-state index contributed by atoms with van der Waals surface area (Å²) in [6.07, 6.45) is 3.80. The molecule has 0 spiro atoms. The number of nitrogens with zero attached hydrogens (tertiary/aromatic N) is 1. The van der Waals surface area contributed by atoms with Crippen molar-refractivity contribution in [1.29, 1.82) is 0 Å². The average molecular weight is 326 g/mol. The molecule has 0 saturated heterocycles. The van der Waals surface area contributed by atoms with Crippen molar-refractivity contribution in [2.45, 2.75) is 38.3 Å². The van der Waals surface area contributed by atoms with Crippen LogP contribution >= 0.6 is 11.3 Å². The number of hydrogen-bond acceptors (Lipinski definition) is 3. The van der Waals surface area contributed by atoms with E-state index in [1.165, 1.54) is 16.9 Å². The summed E-state index contributed by atoms with van der Waals surface area (Å²) in [5.74, 6) is -0.500. The van der Waals surface area contributed by atoms with E-state index in [1.807, 2.05) is 30.3 Å². The van der Waals surface area contributed by atoms with E-state index in [0.29, 0.717) is 13.0 Å². The minimum Gasteiger partial charge on any atom is -0.368 e. The molecule has 1 aliphatic carbocycles. The summed E-state index contributed by atoms with van der Waals surface area (Å²) in [5, 5.41) is 0. The first-order valence-electron chi connectivity index (χ1n) is 7.92. The monoisotopic (exact) mass is 326 g/mol. The highest BCUT2D eigenvalue weighted by Crippen LogP contribution is 2.33. The van der Waals surface area contributed by atoms with Gasteiger partial charge in [0.15, 0.2) is 0 Å². The highest BCUT2D eigenvalue weighted by Gasteiger charge is 2.34. The summed E-state index contributed by atoms with van der Waals surface area (Å²) >= 11 is 1.58. The number of thiophene rings is 1. The maximum atomic E-state index is 13.0. The maximum absolute atomic E-state index is 13.0. The zero-order valence-corrected chi connectivity index (χ0v) is 13.6. The summed E-state index contributed by atoms with van der Waals surface area (Å²) in [6, 6.07) is 9.39. The second-order valence-electron chi connectivity index (χ2n) is 6.24. The molecule has 2 amide bonds. The van der Waals surface area contributed by atoms with Crippen LogP contribution in [0.4, 0.5) is 0 Å².